The summed E-state index contributed by atoms with van der Waals surface area (Å²) in [4.78, 5) is 2.51. The summed E-state index contributed by atoms with van der Waals surface area (Å²) in [6.45, 7) is 8.72. The Labute approximate surface area is 131 Å². The van der Waals surface area contributed by atoms with Gasteiger partial charge in [0.1, 0.15) is 0 Å². The lowest BCUT2D eigenvalue weighted by Gasteiger charge is -2.37. The average molecular weight is 296 g/mol. The van der Waals surface area contributed by atoms with Crippen LogP contribution in [0.25, 0.3) is 0 Å². The van der Waals surface area contributed by atoms with E-state index >= 15 is 0 Å². The Morgan fingerprint density at radius 3 is 2.48 bits per heavy atom. The van der Waals surface area contributed by atoms with Crippen molar-refractivity contribution in [3.05, 3.63) is 0 Å². The van der Waals surface area contributed by atoms with Gasteiger partial charge in [-0.1, -0.05) is 32.6 Å². The van der Waals surface area contributed by atoms with E-state index in [9.17, 15) is 0 Å². The Balaban J connectivity index is 1.72. The van der Waals surface area contributed by atoms with Gasteiger partial charge >= 0.3 is 0 Å². The highest BCUT2D eigenvalue weighted by molar-refractivity contribution is 4.86. The van der Waals surface area contributed by atoms with Crippen molar-refractivity contribution >= 4 is 0 Å². The monoisotopic (exact) mass is 296 g/mol. The summed E-state index contributed by atoms with van der Waals surface area (Å²) in [6, 6.07) is 0. The van der Waals surface area contributed by atoms with Crippen LogP contribution in [0.3, 0.4) is 0 Å². The summed E-state index contributed by atoms with van der Waals surface area (Å²) >= 11 is 0. The molecule has 0 saturated heterocycles. The Morgan fingerprint density at radius 1 is 1.14 bits per heavy atom. The molecular formula is C18H36N2O. The Kier molecular flexibility index (Phi) is 7.48. The zero-order chi connectivity index (χ0) is 15.0. The van der Waals surface area contributed by atoms with E-state index in [-0.39, 0.29) is 0 Å². The van der Waals surface area contributed by atoms with E-state index in [1.54, 1.807) is 0 Å². The first kappa shape index (κ1) is 17.2. The fourth-order valence-corrected chi connectivity index (χ4v) is 3.67. The number of rotatable bonds is 10. The first-order valence-corrected chi connectivity index (χ1v) is 9.21. The predicted octanol–water partition coefficient (Wildman–Crippen LogP) is 3.29. The largest absolute Gasteiger partial charge is 0.380 e. The Hall–Kier alpha value is -0.120. The normalized spacial score (nSPS) is 22.4. The molecule has 3 heteroatoms. The maximum absolute atomic E-state index is 5.80. The SMILES string of the molecule is CCNCC1(CN(C)CCOCC2CC2)CCCCCC1. The van der Waals surface area contributed by atoms with Crippen LogP contribution in [0, 0.1) is 11.3 Å². The first-order valence-electron chi connectivity index (χ1n) is 9.21. The molecule has 0 amide bonds. The summed E-state index contributed by atoms with van der Waals surface area (Å²) in [5.41, 5.74) is 0.498. The van der Waals surface area contributed by atoms with Crippen molar-refractivity contribution in [2.24, 2.45) is 11.3 Å². The van der Waals surface area contributed by atoms with Crippen molar-refractivity contribution in [2.75, 3.05) is 46.4 Å². The van der Waals surface area contributed by atoms with Gasteiger partial charge < -0.3 is 15.0 Å². The average Bonchev–Trinajstić information content (AvgIpc) is 3.30. The summed E-state index contributed by atoms with van der Waals surface area (Å²) in [7, 11) is 2.28. The standard InChI is InChI=1S/C18H36N2O/c1-3-19-15-18(10-6-4-5-7-11-18)16-20(2)12-13-21-14-17-8-9-17/h17,19H,3-16H2,1-2H3. The number of ether oxygens (including phenoxy) is 1. The molecule has 2 rings (SSSR count). The van der Waals surface area contributed by atoms with Crippen LogP contribution in [0.2, 0.25) is 0 Å². The number of likely N-dealkylation sites (N-methyl/N-ethyl adjacent to an activating group) is 1. The van der Waals surface area contributed by atoms with Crippen LogP contribution < -0.4 is 5.32 Å². The van der Waals surface area contributed by atoms with E-state index < -0.39 is 0 Å². The quantitative estimate of drug-likeness (QED) is 0.494. The molecule has 0 aliphatic heterocycles. The molecule has 3 nitrogen and oxygen atoms in total. The van der Waals surface area contributed by atoms with Gasteiger partial charge in [-0.2, -0.15) is 0 Å². The molecular weight excluding hydrogens is 260 g/mol. The van der Waals surface area contributed by atoms with Gasteiger partial charge in [0, 0.05) is 26.2 Å². The molecule has 0 aromatic carbocycles. The minimum atomic E-state index is 0.498. The molecule has 0 aromatic rings. The summed E-state index contributed by atoms with van der Waals surface area (Å²) in [5, 5.41) is 3.62. The van der Waals surface area contributed by atoms with Crippen molar-refractivity contribution in [1.29, 1.82) is 0 Å². The van der Waals surface area contributed by atoms with Crippen LogP contribution in [0.1, 0.15) is 58.3 Å². The van der Waals surface area contributed by atoms with Crippen molar-refractivity contribution in [3.8, 4) is 0 Å². The summed E-state index contributed by atoms with van der Waals surface area (Å²) < 4.78 is 5.80. The zero-order valence-electron chi connectivity index (χ0n) is 14.3. The van der Waals surface area contributed by atoms with Crippen molar-refractivity contribution < 1.29 is 4.74 Å². The number of nitrogens with one attached hydrogen (secondary N) is 1. The smallest absolute Gasteiger partial charge is 0.0593 e. The molecule has 2 saturated carbocycles. The van der Waals surface area contributed by atoms with Crippen molar-refractivity contribution in [3.63, 3.8) is 0 Å². The van der Waals surface area contributed by atoms with Gasteiger partial charge in [-0.3, -0.25) is 0 Å². The second kappa shape index (κ2) is 9.12. The molecule has 0 atom stereocenters. The minimum Gasteiger partial charge on any atom is -0.380 e. The van der Waals surface area contributed by atoms with Gasteiger partial charge in [0.15, 0.2) is 0 Å². The molecule has 124 valence electrons. The molecule has 0 spiro atoms. The van der Waals surface area contributed by atoms with Crippen LogP contribution in [0.4, 0.5) is 0 Å². The maximum atomic E-state index is 5.80. The third-order valence-electron chi connectivity index (χ3n) is 5.19. The number of hydrogen-bond donors (Lipinski definition) is 1. The van der Waals surface area contributed by atoms with Crippen LogP contribution in [-0.4, -0.2) is 51.3 Å². The van der Waals surface area contributed by atoms with Gasteiger partial charge in [-0.25, -0.2) is 0 Å². The number of nitrogens with zero attached hydrogens (tertiary/aromatic N) is 1. The third kappa shape index (κ3) is 6.66. The van der Waals surface area contributed by atoms with E-state index in [1.165, 1.54) is 64.5 Å². The Bertz CT molecular complexity index is 270. The summed E-state index contributed by atoms with van der Waals surface area (Å²) in [5.74, 6) is 0.886. The molecule has 21 heavy (non-hydrogen) atoms. The second-order valence-corrected chi connectivity index (χ2v) is 7.45. The first-order chi connectivity index (χ1) is 10.2. The van der Waals surface area contributed by atoms with Gasteiger partial charge in [-0.15, -0.1) is 0 Å². The van der Waals surface area contributed by atoms with Gasteiger partial charge in [0.05, 0.1) is 6.61 Å². The van der Waals surface area contributed by atoms with Crippen molar-refractivity contribution in [2.45, 2.75) is 58.3 Å². The molecule has 0 aromatic heterocycles. The highest BCUT2D eigenvalue weighted by Crippen LogP contribution is 2.35. The Morgan fingerprint density at radius 2 is 1.86 bits per heavy atom. The topological polar surface area (TPSA) is 24.5 Å². The van der Waals surface area contributed by atoms with E-state index in [4.69, 9.17) is 4.74 Å². The van der Waals surface area contributed by atoms with Gasteiger partial charge in [0.2, 0.25) is 0 Å². The van der Waals surface area contributed by atoms with Crippen molar-refractivity contribution in [1.82, 2.24) is 10.2 Å². The molecule has 1 N–H and O–H groups in total. The van der Waals surface area contributed by atoms with E-state index in [0.717, 1.165) is 32.2 Å². The molecule has 2 fully saturated rings. The van der Waals surface area contributed by atoms with Crippen LogP contribution in [0.15, 0.2) is 0 Å². The zero-order valence-corrected chi connectivity index (χ0v) is 14.3. The molecule has 0 radical (unpaired) electrons. The molecule has 0 unspecified atom stereocenters. The van der Waals surface area contributed by atoms with Crippen LogP contribution >= 0.6 is 0 Å². The van der Waals surface area contributed by atoms with E-state index in [2.05, 4.69) is 24.2 Å². The van der Waals surface area contributed by atoms with Crippen LogP contribution in [0.5, 0.6) is 0 Å². The third-order valence-corrected chi connectivity index (χ3v) is 5.19. The van der Waals surface area contributed by atoms with Gasteiger partial charge in [0.25, 0.3) is 0 Å². The lowest BCUT2D eigenvalue weighted by Crippen LogP contribution is -2.43. The fraction of sp³-hybridized carbons (Fsp3) is 1.00. The molecule has 2 aliphatic carbocycles. The highest BCUT2D eigenvalue weighted by Gasteiger charge is 2.31. The fourth-order valence-electron chi connectivity index (χ4n) is 3.67. The lowest BCUT2D eigenvalue weighted by atomic mass is 9.79. The van der Waals surface area contributed by atoms with E-state index in [1.807, 2.05) is 0 Å². The second-order valence-electron chi connectivity index (χ2n) is 7.45. The number of hydrogen-bond acceptors (Lipinski definition) is 3. The lowest BCUT2D eigenvalue weighted by molar-refractivity contribution is 0.0812. The maximum Gasteiger partial charge on any atom is 0.0593 e. The molecule has 0 heterocycles. The minimum absolute atomic E-state index is 0.498. The molecule has 2 aliphatic rings. The predicted molar refractivity (Wildman–Crippen MR) is 89.7 cm³/mol. The van der Waals surface area contributed by atoms with Gasteiger partial charge in [-0.05, 0) is 50.6 Å². The summed E-state index contributed by atoms with van der Waals surface area (Å²) in [6.07, 6.45) is 11.3. The highest BCUT2D eigenvalue weighted by atomic mass is 16.5. The molecule has 0 bridgehead atoms. The van der Waals surface area contributed by atoms with Crippen LogP contribution in [-0.2, 0) is 4.74 Å². The van der Waals surface area contributed by atoms with E-state index in [0.29, 0.717) is 5.41 Å².